The average molecular weight is 324 g/mol. The molecular weight excluding hydrogens is 300 g/mol. The zero-order valence-electron chi connectivity index (χ0n) is 14.1. The molecule has 1 N–H and O–H groups in total. The van der Waals surface area contributed by atoms with Crippen molar-refractivity contribution in [3.05, 3.63) is 42.5 Å². The van der Waals surface area contributed by atoms with Gasteiger partial charge in [0.2, 0.25) is 0 Å². The minimum atomic E-state index is 0.144. The van der Waals surface area contributed by atoms with E-state index in [9.17, 15) is 0 Å². The van der Waals surface area contributed by atoms with Crippen LogP contribution in [-0.4, -0.2) is 48.8 Å². The van der Waals surface area contributed by atoms with Gasteiger partial charge in [0.25, 0.3) is 0 Å². The predicted molar refractivity (Wildman–Crippen MR) is 97.8 cm³/mol. The molecule has 0 radical (unpaired) electrons. The van der Waals surface area contributed by atoms with Crippen molar-refractivity contribution in [2.75, 3.05) is 32.8 Å². The molecule has 2 aromatic carbocycles. The second kappa shape index (κ2) is 6.83. The molecule has 0 aliphatic carbocycles. The van der Waals surface area contributed by atoms with Gasteiger partial charge in [-0.15, -0.1) is 0 Å². The molecule has 0 spiro atoms. The third-order valence-electron chi connectivity index (χ3n) is 4.68. The second-order valence-corrected chi connectivity index (χ2v) is 6.45. The Balaban J connectivity index is 1.54. The van der Waals surface area contributed by atoms with Gasteiger partial charge in [0, 0.05) is 29.4 Å². The quantitative estimate of drug-likeness (QED) is 0.775. The summed E-state index contributed by atoms with van der Waals surface area (Å²) in [5.74, 6) is 0.932. The van der Waals surface area contributed by atoms with Gasteiger partial charge in [0.1, 0.15) is 18.5 Å². The van der Waals surface area contributed by atoms with Crippen molar-refractivity contribution in [1.29, 1.82) is 0 Å². The number of benzene rings is 2. The van der Waals surface area contributed by atoms with Crippen LogP contribution in [0.4, 0.5) is 0 Å². The average Bonchev–Trinajstić information content (AvgIpc) is 3.00. The highest BCUT2D eigenvalue weighted by molar-refractivity contribution is 6.10. The monoisotopic (exact) mass is 324 g/mol. The molecule has 3 aromatic rings. The molecule has 1 unspecified atom stereocenters. The number of hydrogen-bond acceptors (Lipinski definition) is 3. The van der Waals surface area contributed by atoms with Crippen molar-refractivity contribution in [2.24, 2.45) is 0 Å². The summed E-state index contributed by atoms with van der Waals surface area (Å²) < 4.78 is 12.1. The smallest absolute Gasteiger partial charge is 0.129 e. The number of fused-ring (bicyclic) bond motifs is 3. The Morgan fingerprint density at radius 3 is 2.96 bits per heavy atom. The number of ether oxygens (including phenoxy) is 2. The van der Waals surface area contributed by atoms with Crippen LogP contribution in [0.15, 0.2) is 42.5 Å². The third kappa shape index (κ3) is 2.99. The zero-order chi connectivity index (χ0) is 16.4. The van der Waals surface area contributed by atoms with Gasteiger partial charge < -0.3 is 14.5 Å². The fourth-order valence-corrected chi connectivity index (χ4v) is 3.57. The lowest BCUT2D eigenvalue weighted by Crippen LogP contribution is -2.45. The lowest BCUT2D eigenvalue weighted by Gasteiger charge is -2.32. The summed E-state index contributed by atoms with van der Waals surface area (Å²) in [7, 11) is 0. The van der Waals surface area contributed by atoms with Crippen LogP contribution in [-0.2, 0) is 4.74 Å². The Morgan fingerprint density at radius 2 is 2.04 bits per heavy atom. The number of aromatic amines is 1. The first-order chi connectivity index (χ1) is 11.8. The van der Waals surface area contributed by atoms with Gasteiger partial charge in [-0.1, -0.05) is 31.2 Å². The molecule has 4 heteroatoms. The summed E-state index contributed by atoms with van der Waals surface area (Å²) in [6.45, 7) is 6.74. The fourth-order valence-electron chi connectivity index (χ4n) is 3.57. The minimum absolute atomic E-state index is 0.144. The van der Waals surface area contributed by atoms with E-state index in [-0.39, 0.29) is 6.10 Å². The first-order valence-corrected chi connectivity index (χ1v) is 8.81. The number of hydrogen-bond donors (Lipinski definition) is 1. The Morgan fingerprint density at radius 1 is 1.17 bits per heavy atom. The van der Waals surface area contributed by atoms with Gasteiger partial charge in [-0.3, -0.25) is 4.90 Å². The first-order valence-electron chi connectivity index (χ1n) is 8.81. The molecule has 126 valence electrons. The molecule has 24 heavy (non-hydrogen) atoms. The standard InChI is InChI=1S/C20H24N2O2/c1-2-10-22-11-12-23-15(13-22)14-24-19-9-5-8-18-20(19)16-6-3-4-7-17(16)21-18/h3-9,15,21H,2,10-14H2,1H3. The molecule has 4 rings (SSSR count). The first kappa shape index (κ1) is 15.5. The van der Waals surface area contributed by atoms with Gasteiger partial charge in [0.15, 0.2) is 0 Å². The van der Waals surface area contributed by atoms with Crippen molar-refractivity contribution in [1.82, 2.24) is 9.88 Å². The fraction of sp³-hybridized carbons (Fsp3) is 0.400. The molecule has 2 heterocycles. The van der Waals surface area contributed by atoms with Crippen LogP contribution in [0.3, 0.4) is 0 Å². The Kier molecular flexibility index (Phi) is 4.41. The van der Waals surface area contributed by atoms with E-state index in [0.29, 0.717) is 6.61 Å². The topological polar surface area (TPSA) is 37.5 Å². The molecule has 4 nitrogen and oxygen atoms in total. The summed E-state index contributed by atoms with van der Waals surface area (Å²) in [6.07, 6.45) is 1.33. The van der Waals surface area contributed by atoms with Crippen LogP contribution < -0.4 is 4.74 Å². The molecule has 1 aliphatic heterocycles. The van der Waals surface area contributed by atoms with E-state index in [0.717, 1.165) is 48.4 Å². The predicted octanol–water partition coefficient (Wildman–Crippen LogP) is 3.81. The zero-order valence-corrected chi connectivity index (χ0v) is 14.1. The lowest BCUT2D eigenvalue weighted by molar-refractivity contribution is -0.0475. The maximum absolute atomic E-state index is 6.18. The van der Waals surface area contributed by atoms with Crippen molar-refractivity contribution >= 4 is 21.8 Å². The second-order valence-electron chi connectivity index (χ2n) is 6.45. The number of morpholine rings is 1. The van der Waals surface area contributed by atoms with Crippen molar-refractivity contribution in [3.8, 4) is 5.75 Å². The van der Waals surface area contributed by atoms with E-state index in [1.165, 1.54) is 11.8 Å². The third-order valence-corrected chi connectivity index (χ3v) is 4.68. The molecule has 1 atom stereocenters. The van der Waals surface area contributed by atoms with E-state index in [1.807, 2.05) is 6.07 Å². The van der Waals surface area contributed by atoms with Gasteiger partial charge in [-0.2, -0.15) is 0 Å². The number of para-hydroxylation sites is 1. The summed E-state index contributed by atoms with van der Waals surface area (Å²) in [6, 6.07) is 14.6. The van der Waals surface area contributed by atoms with Gasteiger partial charge >= 0.3 is 0 Å². The SMILES string of the molecule is CCCN1CCOC(COc2cccc3[nH]c4ccccc4c23)C1. The van der Waals surface area contributed by atoms with Crippen molar-refractivity contribution < 1.29 is 9.47 Å². The van der Waals surface area contributed by atoms with Crippen LogP contribution >= 0.6 is 0 Å². The van der Waals surface area contributed by atoms with Crippen LogP contribution in [0.25, 0.3) is 21.8 Å². The maximum atomic E-state index is 6.18. The normalized spacial score (nSPS) is 19.1. The molecular formula is C20H24N2O2. The summed E-state index contributed by atoms with van der Waals surface area (Å²) >= 11 is 0. The molecule has 0 amide bonds. The minimum Gasteiger partial charge on any atom is -0.490 e. The number of nitrogens with zero attached hydrogens (tertiary/aromatic N) is 1. The van der Waals surface area contributed by atoms with Gasteiger partial charge in [-0.25, -0.2) is 0 Å². The molecule has 0 bridgehead atoms. The number of rotatable bonds is 5. The molecule has 1 fully saturated rings. The Bertz CT molecular complexity index is 825. The van der Waals surface area contributed by atoms with Crippen LogP contribution in [0.1, 0.15) is 13.3 Å². The molecule has 1 aliphatic rings. The Labute approximate surface area is 142 Å². The molecule has 0 saturated carbocycles. The van der Waals surface area contributed by atoms with Crippen LogP contribution in [0.2, 0.25) is 0 Å². The van der Waals surface area contributed by atoms with Crippen LogP contribution in [0.5, 0.6) is 5.75 Å². The summed E-state index contributed by atoms with van der Waals surface area (Å²) in [4.78, 5) is 5.92. The van der Waals surface area contributed by atoms with Gasteiger partial charge in [-0.05, 0) is 31.2 Å². The largest absolute Gasteiger partial charge is 0.490 e. The highest BCUT2D eigenvalue weighted by atomic mass is 16.5. The van der Waals surface area contributed by atoms with E-state index in [1.54, 1.807) is 0 Å². The lowest BCUT2D eigenvalue weighted by atomic mass is 10.1. The maximum Gasteiger partial charge on any atom is 0.129 e. The van der Waals surface area contributed by atoms with Gasteiger partial charge in [0.05, 0.1) is 12.1 Å². The number of aromatic nitrogens is 1. The summed E-state index contributed by atoms with van der Waals surface area (Å²) in [5, 5.41) is 2.37. The van der Waals surface area contributed by atoms with E-state index in [2.05, 4.69) is 53.2 Å². The Hall–Kier alpha value is -2.04. The highest BCUT2D eigenvalue weighted by Gasteiger charge is 2.21. The van der Waals surface area contributed by atoms with Crippen molar-refractivity contribution in [3.63, 3.8) is 0 Å². The van der Waals surface area contributed by atoms with E-state index >= 15 is 0 Å². The summed E-state index contributed by atoms with van der Waals surface area (Å²) in [5.41, 5.74) is 2.26. The van der Waals surface area contributed by atoms with Crippen LogP contribution in [0, 0.1) is 0 Å². The number of nitrogens with one attached hydrogen (secondary N) is 1. The van der Waals surface area contributed by atoms with E-state index in [4.69, 9.17) is 9.47 Å². The highest BCUT2D eigenvalue weighted by Crippen LogP contribution is 2.33. The molecule has 1 aromatic heterocycles. The van der Waals surface area contributed by atoms with Crippen molar-refractivity contribution in [2.45, 2.75) is 19.4 Å². The molecule has 1 saturated heterocycles. The number of H-pyrrole nitrogens is 1. The van der Waals surface area contributed by atoms with E-state index < -0.39 is 0 Å².